The van der Waals surface area contributed by atoms with Gasteiger partial charge in [0, 0.05) is 86.6 Å². The van der Waals surface area contributed by atoms with E-state index in [1.807, 2.05) is 16.8 Å². The number of hydrazine groups is 1. The fourth-order valence-corrected chi connectivity index (χ4v) is 8.64. The number of anilines is 1. The molecule has 430 valence electrons. The van der Waals surface area contributed by atoms with Crippen LogP contribution in [0.2, 0.25) is 0 Å². The van der Waals surface area contributed by atoms with Gasteiger partial charge in [0.1, 0.15) is 29.5 Å². The van der Waals surface area contributed by atoms with Crippen molar-refractivity contribution in [1.82, 2.24) is 46.0 Å². The van der Waals surface area contributed by atoms with Crippen molar-refractivity contribution >= 4 is 29.8 Å². The number of aliphatic hydroxyl groups is 1. The zero-order chi connectivity index (χ0) is 58.2. The minimum atomic E-state index is -5.28. The van der Waals surface area contributed by atoms with Crippen molar-refractivity contribution in [3.05, 3.63) is 101 Å². The largest absolute Gasteiger partial charge is 0.465 e. The highest BCUT2D eigenvalue weighted by atomic mass is 19.4. The van der Waals surface area contributed by atoms with Gasteiger partial charge in [-0.1, -0.05) is 24.0 Å². The number of alkyl halides is 8. The molecule has 0 radical (unpaired) electrons. The van der Waals surface area contributed by atoms with Gasteiger partial charge in [0.2, 0.25) is 5.91 Å². The summed E-state index contributed by atoms with van der Waals surface area (Å²) >= 11 is 0. The molecular weight excluding hydrogens is 1070 g/mol. The number of nitrogens with one attached hydrogen (secondary N) is 4. The lowest BCUT2D eigenvalue weighted by atomic mass is 9.82. The summed E-state index contributed by atoms with van der Waals surface area (Å²) in [5.74, 6) is 0.530. The van der Waals surface area contributed by atoms with Crippen LogP contribution in [-0.2, 0) is 32.0 Å². The fraction of sp³-hybridized carbons (Fsp3) is 0.490. The summed E-state index contributed by atoms with van der Waals surface area (Å²) in [5, 5.41) is 31.1. The number of pyridine rings is 1. The van der Waals surface area contributed by atoms with Gasteiger partial charge in [-0.25, -0.2) is 33.0 Å². The number of carboxylic acid groups (broad SMARTS) is 1. The number of hydrogen-bond donors (Lipinski definition) is 6. The average Bonchev–Trinajstić information content (AvgIpc) is 4.15. The van der Waals surface area contributed by atoms with Crippen LogP contribution in [0.3, 0.4) is 0 Å². The van der Waals surface area contributed by atoms with Crippen molar-refractivity contribution in [2.75, 3.05) is 57.9 Å². The minimum Gasteiger partial charge on any atom is -0.465 e. The van der Waals surface area contributed by atoms with E-state index in [9.17, 15) is 64.5 Å². The maximum atomic E-state index is 16.0. The molecule has 2 aliphatic rings. The second-order valence-electron chi connectivity index (χ2n) is 19.9. The average molecular weight is 1130 g/mol. The van der Waals surface area contributed by atoms with Crippen molar-refractivity contribution in [1.29, 1.82) is 0 Å². The van der Waals surface area contributed by atoms with Gasteiger partial charge in [0.05, 0.1) is 42.4 Å². The predicted molar refractivity (Wildman–Crippen MR) is 263 cm³/mol. The summed E-state index contributed by atoms with van der Waals surface area (Å²) in [6.45, 7) is 1.40. The molecule has 6 rings (SSSR count). The lowest BCUT2D eigenvalue weighted by molar-refractivity contribution is -0.221. The third kappa shape index (κ3) is 15.3. The van der Waals surface area contributed by atoms with Crippen LogP contribution in [0.25, 0.3) is 11.3 Å². The van der Waals surface area contributed by atoms with E-state index in [1.54, 1.807) is 12.3 Å². The Kier molecular flexibility index (Phi) is 19.5. The summed E-state index contributed by atoms with van der Waals surface area (Å²) in [7, 11) is 0.810. The molecule has 2 aromatic heterocycles. The summed E-state index contributed by atoms with van der Waals surface area (Å²) in [5.41, 5.74) is -4.70. The first-order chi connectivity index (χ1) is 37.0. The molecule has 2 fully saturated rings. The molecule has 6 N–H and O–H groups in total. The molecule has 0 aliphatic carbocycles. The van der Waals surface area contributed by atoms with Crippen LogP contribution in [0, 0.1) is 34.3 Å². The second-order valence-corrected chi connectivity index (χ2v) is 19.9. The van der Waals surface area contributed by atoms with Crippen LogP contribution in [-0.4, -0.2) is 155 Å². The van der Waals surface area contributed by atoms with Crippen LogP contribution in [0.15, 0.2) is 67.0 Å². The number of aliphatic hydroxyl groups excluding tert-OH is 1. The van der Waals surface area contributed by atoms with Gasteiger partial charge in [-0.2, -0.15) is 40.2 Å². The molecule has 5 atom stereocenters. The number of amides is 4. The molecule has 4 heterocycles. The number of rotatable bonds is 19. The monoisotopic (exact) mass is 1130 g/mol. The molecule has 2 aliphatic heterocycles. The number of halogens is 10. The fourth-order valence-electron chi connectivity index (χ4n) is 8.64. The summed E-state index contributed by atoms with van der Waals surface area (Å²) < 4.78 is 155. The van der Waals surface area contributed by atoms with E-state index in [0.29, 0.717) is 62.0 Å². The molecule has 4 amide bonds. The van der Waals surface area contributed by atoms with Crippen LogP contribution in [0.5, 0.6) is 0 Å². The molecule has 18 nitrogen and oxygen atoms in total. The van der Waals surface area contributed by atoms with Gasteiger partial charge >= 0.3 is 31.1 Å². The maximum absolute atomic E-state index is 16.0. The maximum Gasteiger partial charge on any atom is 0.407 e. The van der Waals surface area contributed by atoms with Crippen molar-refractivity contribution in [2.45, 2.75) is 96.3 Å². The zero-order valence-electron chi connectivity index (χ0n) is 43.2. The standard InChI is InChI=1S/C51H58F10N10O8/c1-48(2,50(56,57)58)41(65-47(77)78-5)43(73)63-38(22-30-9-6-29(7-10-30)8-11-31-12-13-40(62-25-31)69-19-17-68(18-20-69)33-15-21-79-28-33)39(72)27-70(67-44(74)42(64-46(75)76)49(3,4)51(59,60)61)26-34-35(52)23-32(24-36(34)53)37-14-16-71(66-37)45(54)55/h6-7,9-10,12-14,16,23-25,33,38-39,41-42,45,64,72H,15,17-22,26-28H2,1-5H3,(H,63,73)(H,65,77)(H,67,74)(H,75,76)/t33-,38-,39-,41+,42+/m0/s1. The number of carbonyl (C=O) groups is 4. The normalized spacial score (nSPS) is 17.1. The molecule has 28 heteroatoms. The van der Waals surface area contributed by atoms with E-state index in [2.05, 4.69) is 41.8 Å². The van der Waals surface area contributed by atoms with E-state index < -0.39 is 115 Å². The number of aromatic nitrogens is 3. The Morgan fingerprint density at radius 1 is 0.835 bits per heavy atom. The first-order valence-corrected chi connectivity index (χ1v) is 24.5. The molecule has 4 aromatic rings. The summed E-state index contributed by atoms with van der Waals surface area (Å²) in [4.78, 5) is 61.2. The van der Waals surface area contributed by atoms with Gasteiger partial charge in [0.25, 0.3) is 5.91 Å². The smallest absolute Gasteiger partial charge is 0.407 e. The van der Waals surface area contributed by atoms with Crippen LogP contribution < -0.4 is 26.3 Å². The summed E-state index contributed by atoms with van der Waals surface area (Å²) in [6, 6.07) is 5.38. The molecule has 79 heavy (non-hydrogen) atoms. The number of ether oxygens (including phenoxy) is 2. The SMILES string of the molecule is COC(=O)N[C@H](C(=O)N[C@@H](Cc1ccc(C#Cc2ccc(N3CCN([C@H]4CCOC4)CC3)nc2)cc1)[C@@H](O)CN(Cc1c(F)cc(-c2ccn(C(F)F)n2)cc1F)NC(=O)[C@@H](NC(=O)O)C(C)(C)C(F)(F)F)C(C)(C)C(F)(F)F. The molecule has 0 unspecified atom stereocenters. The summed E-state index contributed by atoms with van der Waals surface area (Å²) in [6.07, 6.45) is -13.3. The number of hydrogen-bond acceptors (Lipinski definition) is 12. The number of alkyl carbamates (subject to hydrolysis) is 1. The lowest BCUT2D eigenvalue weighted by Crippen LogP contribution is -2.63. The molecule has 0 bridgehead atoms. The number of carbonyl (C=O) groups excluding carboxylic acids is 3. The van der Waals surface area contributed by atoms with E-state index >= 15 is 8.78 Å². The van der Waals surface area contributed by atoms with Gasteiger partial charge in [-0.3, -0.25) is 19.9 Å². The lowest BCUT2D eigenvalue weighted by Gasteiger charge is -2.38. The number of piperazine rings is 1. The van der Waals surface area contributed by atoms with Gasteiger partial charge in [0.15, 0.2) is 0 Å². The Balaban J connectivity index is 1.31. The van der Waals surface area contributed by atoms with Gasteiger partial charge in [-0.15, -0.1) is 0 Å². The first kappa shape index (κ1) is 61.0. The Labute approximate surface area is 446 Å². The van der Waals surface area contributed by atoms with Crippen LogP contribution in [0.1, 0.15) is 62.9 Å². The van der Waals surface area contributed by atoms with E-state index in [4.69, 9.17) is 4.74 Å². The minimum absolute atomic E-state index is 0.186. The third-order valence-corrected chi connectivity index (χ3v) is 13.8. The Hall–Kier alpha value is -7.22. The van der Waals surface area contributed by atoms with E-state index in [-0.39, 0.29) is 21.5 Å². The Morgan fingerprint density at radius 3 is 1.95 bits per heavy atom. The number of benzene rings is 2. The quantitative estimate of drug-likeness (QED) is 0.0342. The van der Waals surface area contributed by atoms with E-state index in [1.165, 1.54) is 29.6 Å². The third-order valence-electron chi connectivity index (χ3n) is 13.8. The highest BCUT2D eigenvalue weighted by Crippen LogP contribution is 2.42. The topological polar surface area (TPSA) is 216 Å². The molecule has 0 saturated carbocycles. The van der Waals surface area contributed by atoms with Crippen molar-refractivity contribution in [3.63, 3.8) is 0 Å². The predicted octanol–water partition coefficient (Wildman–Crippen LogP) is 6.39. The Morgan fingerprint density at radius 2 is 1.43 bits per heavy atom. The second kappa shape index (κ2) is 25.3. The van der Waals surface area contributed by atoms with Crippen LogP contribution >= 0.6 is 0 Å². The molecule has 0 spiro atoms. The van der Waals surface area contributed by atoms with Gasteiger partial charge < -0.3 is 40.5 Å². The van der Waals surface area contributed by atoms with Gasteiger partial charge in [-0.05, 0) is 88.6 Å². The Bertz CT molecular complexity index is 2800. The zero-order valence-corrected chi connectivity index (χ0v) is 43.2. The number of methoxy groups -OCH3 is 1. The highest BCUT2D eigenvalue weighted by molar-refractivity contribution is 5.87. The van der Waals surface area contributed by atoms with E-state index in [0.717, 1.165) is 71.0 Å². The van der Waals surface area contributed by atoms with Crippen molar-refractivity contribution in [3.8, 4) is 23.1 Å². The van der Waals surface area contributed by atoms with Crippen molar-refractivity contribution < 1.29 is 82.8 Å². The van der Waals surface area contributed by atoms with Crippen molar-refractivity contribution in [2.24, 2.45) is 10.8 Å². The molecule has 2 saturated heterocycles. The first-order valence-electron chi connectivity index (χ1n) is 24.5. The molecular formula is C51H58F10N10O8. The molecule has 2 aromatic carbocycles. The number of nitrogens with zero attached hydrogens (tertiary/aromatic N) is 6. The van der Waals surface area contributed by atoms with Crippen LogP contribution in [0.4, 0.5) is 59.3 Å². The highest BCUT2D eigenvalue weighted by Gasteiger charge is 2.57.